The summed E-state index contributed by atoms with van der Waals surface area (Å²) in [6.45, 7) is 8.00. The second kappa shape index (κ2) is 6.53. The molecule has 4 nitrogen and oxygen atoms in total. The van der Waals surface area contributed by atoms with Crippen LogP contribution in [0, 0.1) is 11.8 Å². The van der Waals surface area contributed by atoms with E-state index in [1.54, 1.807) is 0 Å². The molecule has 104 valence electrons. The van der Waals surface area contributed by atoms with Gasteiger partial charge in [0.15, 0.2) is 0 Å². The summed E-state index contributed by atoms with van der Waals surface area (Å²) in [6.07, 6.45) is 4.38. The molecule has 4 heteroatoms. The molecule has 0 radical (unpaired) electrons. The van der Waals surface area contributed by atoms with E-state index in [9.17, 15) is 4.79 Å². The van der Waals surface area contributed by atoms with Gasteiger partial charge in [0, 0.05) is 32.1 Å². The van der Waals surface area contributed by atoms with E-state index >= 15 is 0 Å². The maximum atomic E-state index is 12.4. The van der Waals surface area contributed by atoms with Crippen molar-refractivity contribution in [2.75, 3.05) is 39.3 Å². The summed E-state index contributed by atoms with van der Waals surface area (Å²) in [5.74, 6) is 1.34. The smallest absolute Gasteiger partial charge is 0.225 e. The van der Waals surface area contributed by atoms with E-state index in [1.807, 2.05) is 0 Å². The first-order chi connectivity index (χ1) is 8.74. The monoisotopic (exact) mass is 253 g/mol. The van der Waals surface area contributed by atoms with Gasteiger partial charge in [0.05, 0.1) is 0 Å². The van der Waals surface area contributed by atoms with Crippen LogP contribution in [0.2, 0.25) is 0 Å². The lowest BCUT2D eigenvalue weighted by Gasteiger charge is -2.37. The average molecular weight is 253 g/mol. The zero-order valence-electron chi connectivity index (χ0n) is 11.6. The van der Waals surface area contributed by atoms with Gasteiger partial charge in [0.1, 0.15) is 0 Å². The Morgan fingerprint density at radius 1 is 1.11 bits per heavy atom. The number of likely N-dealkylation sites (N-methyl/N-ethyl adjacent to an activating group) is 1. The maximum absolute atomic E-state index is 12.4. The highest BCUT2D eigenvalue weighted by Gasteiger charge is 2.30. The number of carbonyl (C=O) groups excluding carboxylic acids is 1. The van der Waals surface area contributed by atoms with Crippen molar-refractivity contribution >= 4 is 5.91 Å². The summed E-state index contributed by atoms with van der Waals surface area (Å²) >= 11 is 0. The zero-order valence-corrected chi connectivity index (χ0v) is 11.6. The Kier molecular flexibility index (Phi) is 5.01. The first-order valence-corrected chi connectivity index (χ1v) is 7.45. The van der Waals surface area contributed by atoms with E-state index in [2.05, 4.69) is 16.7 Å². The molecule has 0 aromatic heterocycles. The maximum Gasteiger partial charge on any atom is 0.225 e. The lowest BCUT2D eigenvalue weighted by atomic mass is 9.81. The summed E-state index contributed by atoms with van der Waals surface area (Å²) in [6, 6.07) is 0. The van der Waals surface area contributed by atoms with E-state index in [4.69, 9.17) is 5.73 Å². The highest BCUT2D eigenvalue weighted by atomic mass is 16.2. The third kappa shape index (κ3) is 3.23. The van der Waals surface area contributed by atoms with Crippen molar-refractivity contribution < 1.29 is 4.79 Å². The normalized spacial score (nSPS) is 30.4. The van der Waals surface area contributed by atoms with Gasteiger partial charge in [-0.05, 0) is 44.7 Å². The molecule has 1 heterocycles. The number of nitrogens with two attached hydrogens (primary N) is 1. The molecule has 2 rings (SSSR count). The van der Waals surface area contributed by atoms with Crippen molar-refractivity contribution in [3.8, 4) is 0 Å². The highest BCUT2D eigenvalue weighted by molar-refractivity contribution is 5.79. The first kappa shape index (κ1) is 13.8. The molecule has 1 saturated heterocycles. The van der Waals surface area contributed by atoms with Crippen molar-refractivity contribution in [2.24, 2.45) is 17.6 Å². The summed E-state index contributed by atoms with van der Waals surface area (Å²) in [5.41, 5.74) is 5.70. The van der Waals surface area contributed by atoms with E-state index in [0.29, 0.717) is 11.8 Å². The standard InChI is InChI=1S/C14H27N3O/c1-2-16-7-9-17(10-8-16)14(18)13-5-3-12(11-15)4-6-13/h12-13H,2-11,15H2,1H3. The Morgan fingerprint density at radius 3 is 2.22 bits per heavy atom. The Bertz CT molecular complexity index is 240. The van der Waals surface area contributed by atoms with Crippen LogP contribution in [0.15, 0.2) is 0 Å². The van der Waals surface area contributed by atoms with Crippen LogP contribution in [-0.4, -0.2) is 55.0 Å². The molecule has 0 atom stereocenters. The molecule has 1 amide bonds. The predicted molar refractivity (Wildman–Crippen MR) is 73.2 cm³/mol. The number of carbonyl (C=O) groups is 1. The van der Waals surface area contributed by atoms with Gasteiger partial charge in [-0.3, -0.25) is 4.79 Å². The molecule has 0 aromatic rings. The van der Waals surface area contributed by atoms with Crippen molar-refractivity contribution in [3.63, 3.8) is 0 Å². The molecule has 1 aliphatic heterocycles. The van der Waals surface area contributed by atoms with Crippen LogP contribution in [0.25, 0.3) is 0 Å². The van der Waals surface area contributed by atoms with Crippen molar-refractivity contribution in [1.29, 1.82) is 0 Å². The molecule has 2 aliphatic rings. The number of hydrogen-bond acceptors (Lipinski definition) is 3. The summed E-state index contributed by atoms with van der Waals surface area (Å²) in [4.78, 5) is 16.9. The quantitative estimate of drug-likeness (QED) is 0.813. The largest absolute Gasteiger partial charge is 0.340 e. The van der Waals surface area contributed by atoms with Crippen LogP contribution in [0.1, 0.15) is 32.6 Å². The Morgan fingerprint density at radius 2 is 1.72 bits per heavy atom. The van der Waals surface area contributed by atoms with E-state index in [0.717, 1.165) is 65.0 Å². The SMILES string of the molecule is CCN1CCN(C(=O)C2CCC(CN)CC2)CC1. The molecule has 0 spiro atoms. The lowest BCUT2D eigenvalue weighted by Crippen LogP contribution is -2.50. The number of amides is 1. The number of hydrogen-bond donors (Lipinski definition) is 1. The van der Waals surface area contributed by atoms with Crippen molar-refractivity contribution in [1.82, 2.24) is 9.80 Å². The van der Waals surface area contributed by atoms with Crippen LogP contribution >= 0.6 is 0 Å². The van der Waals surface area contributed by atoms with Crippen LogP contribution in [0.5, 0.6) is 0 Å². The van der Waals surface area contributed by atoms with Gasteiger partial charge < -0.3 is 15.5 Å². The molecular formula is C14H27N3O. The van der Waals surface area contributed by atoms with Crippen molar-refractivity contribution in [2.45, 2.75) is 32.6 Å². The topological polar surface area (TPSA) is 49.6 Å². The summed E-state index contributed by atoms with van der Waals surface area (Å²) in [7, 11) is 0. The van der Waals surface area contributed by atoms with Crippen molar-refractivity contribution in [3.05, 3.63) is 0 Å². The molecule has 18 heavy (non-hydrogen) atoms. The fourth-order valence-electron chi connectivity index (χ4n) is 3.19. The molecule has 0 aromatic carbocycles. The first-order valence-electron chi connectivity index (χ1n) is 7.45. The third-order valence-corrected chi connectivity index (χ3v) is 4.66. The molecule has 1 saturated carbocycles. The number of nitrogens with zero attached hydrogens (tertiary/aromatic N) is 2. The summed E-state index contributed by atoms with van der Waals surface area (Å²) < 4.78 is 0. The second-order valence-electron chi connectivity index (χ2n) is 5.71. The number of piperazine rings is 1. The second-order valence-corrected chi connectivity index (χ2v) is 5.71. The fourth-order valence-corrected chi connectivity index (χ4v) is 3.19. The molecule has 2 fully saturated rings. The highest BCUT2D eigenvalue weighted by Crippen LogP contribution is 2.29. The lowest BCUT2D eigenvalue weighted by molar-refractivity contribution is -0.138. The molecule has 1 aliphatic carbocycles. The van der Waals surface area contributed by atoms with Gasteiger partial charge in [-0.15, -0.1) is 0 Å². The fraction of sp³-hybridized carbons (Fsp3) is 0.929. The molecular weight excluding hydrogens is 226 g/mol. The van der Waals surface area contributed by atoms with Crippen LogP contribution in [0.3, 0.4) is 0 Å². The Balaban J connectivity index is 1.78. The van der Waals surface area contributed by atoms with E-state index < -0.39 is 0 Å². The minimum atomic E-state index is 0.279. The molecule has 0 bridgehead atoms. The minimum absolute atomic E-state index is 0.279. The number of rotatable bonds is 3. The van der Waals surface area contributed by atoms with Gasteiger partial charge in [-0.2, -0.15) is 0 Å². The minimum Gasteiger partial charge on any atom is -0.340 e. The van der Waals surface area contributed by atoms with Gasteiger partial charge >= 0.3 is 0 Å². The van der Waals surface area contributed by atoms with Crippen LogP contribution in [-0.2, 0) is 4.79 Å². The van der Waals surface area contributed by atoms with E-state index in [1.165, 1.54) is 0 Å². The van der Waals surface area contributed by atoms with Gasteiger partial charge in [0.25, 0.3) is 0 Å². The van der Waals surface area contributed by atoms with Crippen LogP contribution < -0.4 is 5.73 Å². The van der Waals surface area contributed by atoms with Gasteiger partial charge in [0.2, 0.25) is 5.91 Å². The summed E-state index contributed by atoms with van der Waals surface area (Å²) in [5, 5.41) is 0. The predicted octanol–water partition coefficient (Wildman–Crippen LogP) is 0.916. The molecule has 0 unspecified atom stereocenters. The van der Waals surface area contributed by atoms with Crippen LogP contribution in [0.4, 0.5) is 0 Å². The van der Waals surface area contributed by atoms with E-state index in [-0.39, 0.29) is 5.92 Å². The zero-order chi connectivity index (χ0) is 13.0. The Hall–Kier alpha value is -0.610. The Labute approximate surface area is 110 Å². The van der Waals surface area contributed by atoms with Gasteiger partial charge in [-0.1, -0.05) is 6.92 Å². The van der Waals surface area contributed by atoms with Gasteiger partial charge in [-0.25, -0.2) is 0 Å². The molecule has 2 N–H and O–H groups in total. The third-order valence-electron chi connectivity index (χ3n) is 4.66. The average Bonchev–Trinajstić information content (AvgIpc) is 2.47.